The summed E-state index contributed by atoms with van der Waals surface area (Å²) in [5.41, 5.74) is 2.68. The van der Waals surface area contributed by atoms with Crippen LogP contribution >= 0.6 is 0 Å². The van der Waals surface area contributed by atoms with E-state index in [0.29, 0.717) is 11.2 Å². The van der Waals surface area contributed by atoms with Gasteiger partial charge in [-0.05, 0) is 54.4 Å². The fourth-order valence-corrected chi connectivity index (χ4v) is 3.03. The Kier molecular flexibility index (Phi) is 3.01. The predicted molar refractivity (Wildman–Crippen MR) is 94.3 cm³/mol. The Hall–Kier alpha value is -2.94. The Morgan fingerprint density at radius 3 is 2.48 bits per heavy atom. The van der Waals surface area contributed by atoms with Gasteiger partial charge < -0.3 is 0 Å². The normalized spacial score (nSPS) is 11.2. The molecule has 1 aromatic heterocycles. The lowest BCUT2D eigenvalue weighted by molar-refractivity contribution is 0.896. The van der Waals surface area contributed by atoms with Crippen molar-refractivity contribution in [3.05, 3.63) is 82.4 Å². The highest BCUT2D eigenvalue weighted by atomic mass is 16.1. The molecule has 3 aromatic carbocycles. The maximum atomic E-state index is 12.9. The van der Waals surface area contributed by atoms with Gasteiger partial charge in [-0.3, -0.25) is 9.36 Å². The molecule has 0 bridgehead atoms. The average Bonchev–Trinajstić information content (AvgIpc) is 2.54. The first kappa shape index (κ1) is 13.7. The van der Waals surface area contributed by atoms with Gasteiger partial charge in [0.05, 0.1) is 16.6 Å². The summed E-state index contributed by atoms with van der Waals surface area (Å²) in [6, 6.07) is 19.9. The van der Waals surface area contributed by atoms with Crippen LogP contribution in [-0.4, -0.2) is 9.55 Å². The number of nitrogens with zero attached hydrogens (tertiary/aromatic N) is 2. The SMILES string of the molecule is Cc1ccc2c(=O)n(-c3ccc4ccccc4c3)c(C)nc2c1. The Morgan fingerprint density at radius 1 is 0.870 bits per heavy atom. The highest BCUT2D eigenvalue weighted by Gasteiger charge is 2.10. The standard InChI is InChI=1S/C20H16N2O/c1-13-7-10-18-19(11-13)21-14(2)22(20(18)23)17-9-8-15-5-3-4-6-16(15)12-17/h3-12H,1-2H3. The summed E-state index contributed by atoms with van der Waals surface area (Å²) >= 11 is 0. The first-order valence-corrected chi connectivity index (χ1v) is 7.63. The second-order valence-corrected chi connectivity index (χ2v) is 5.85. The van der Waals surface area contributed by atoms with Gasteiger partial charge in [-0.25, -0.2) is 4.98 Å². The zero-order valence-corrected chi connectivity index (χ0v) is 13.1. The van der Waals surface area contributed by atoms with Crippen LogP contribution in [0.15, 0.2) is 65.5 Å². The second-order valence-electron chi connectivity index (χ2n) is 5.85. The fourth-order valence-electron chi connectivity index (χ4n) is 3.03. The Bertz CT molecular complexity index is 1110. The van der Waals surface area contributed by atoms with Crippen molar-refractivity contribution >= 4 is 21.7 Å². The van der Waals surface area contributed by atoms with Crippen LogP contribution in [0.3, 0.4) is 0 Å². The third-order valence-electron chi connectivity index (χ3n) is 4.18. The molecule has 0 amide bonds. The van der Waals surface area contributed by atoms with Crippen LogP contribution < -0.4 is 5.56 Å². The summed E-state index contributed by atoms with van der Waals surface area (Å²) in [4.78, 5) is 17.5. The molecule has 4 aromatic rings. The minimum atomic E-state index is -0.0252. The number of fused-ring (bicyclic) bond motifs is 2. The van der Waals surface area contributed by atoms with E-state index >= 15 is 0 Å². The van der Waals surface area contributed by atoms with Crippen molar-refractivity contribution in [3.8, 4) is 5.69 Å². The van der Waals surface area contributed by atoms with E-state index in [1.54, 1.807) is 4.57 Å². The molecule has 0 radical (unpaired) electrons. The smallest absolute Gasteiger partial charge is 0.265 e. The molecule has 0 aliphatic rings. The van der Waals surface area contributed by atoms with Crippen molar-refractivity contribution in [2.45, 2.75) is 13.8 Å². The van der Waals surface area contributed by atoms with Gasteiger partial charge in [-0.2, -0.15) is 0 Å². The maximum Gasteiger partial charge on any atom is 0.265 e. The van der Waals surface area contributed by atoms with Crippen molar-refractivity contribution in [2.75, 3.05) is 0 Å². The van der Waals surface area contributed by atoms with Gasteiger partial charge in [0.15, 0.2) is 0 Å². The molecule has 1 heterocycles. The molecule has 0 saturated carbocycles. The molecule has 0 saturated heterocycles. The van der Waals surface area contributed by atoms with Gasteiger partial charge in [0.25, 0.3) is 5.56 Å². The molecular formula is C20H16N2O. The lowest BCUT2D eigenvalue weighted by Crippen LogP contribution is -2.22. The van der Waals surface area contributed by atoms with Gasteiger partial charge in [-0.15, -0.1) is 0 Å². The van der Waals surface area contributed by atoms with E-state index in [4.69, 9.17) is 0 Å². The predicted octanol–water partition coefficient (Wildman–Crippen LogP) is 4.16. The van der Waals surface area contributed by atoms with Crippen LogP contribution in [0, 0.1) is 13.8 Å². The molecule has 3 nitrogen and oxygen atoms in total. The molecule has 0 spiro atoms. The number of aromatic nitrogens is 2. The maximum absolute atomic E-state index is 12.9. The quantitative estimate of drug-likeness (QED) is 0.529. The number of rotatable bonds is 1. The topological polar surface area (TPSA) is 34.9 Å². The molecule has 3 heteroatoms. The van der Waals surface area contributed by atoms with Gasteiger partial charge in [0.1, 0.15) is 5.82 Å². The van der Waals surface area contributed by atoms with Crippen LogP contribution in [0.25, 0.3) is 27.4 Å². The molecule has 0 fully saturated rings. The van der Waals surface area contributed by atoms with Crippen molar-refractivity contribution in [1.82, 2.24) is 9.55 Å². The van der Waals surface area contributed by atoms with Crippen LogP contribution in [0.2, 0.25) is 0 Å². The average molecular weight is 300 g/mol. The highest BCUT2D eigenvalue weighted by molar-refractivity contribution is 5.85. The van der Waals surface area contributed by atoms with Crippen LogP contribution in [0.4, 0.5) is 0 Å². The Labute approximate surface area is 133 Å². The molecule has 0 unspecified atom stereocenters. The molecule has 4 rings (SSSR count). The zero-order valence-electron chi connectivity index (χ0n) is 13.1. The van der Waals surface area contributed by atoms with Crippen molar-refractivity contribution < 1.29 is 0 Å². The van der Waals surface area contributed by atoms with E-state index in [9.17, 15) is 4.79 Å². The largest absolute Gasteiger partial charge is 0.268 e. The first-order chi connectivity index (χ1) is 11.1. The van der Waals surface area contributed by atoms with E-state index in [0.717, 1.165) is 27.5 Å². The van der Waals surface area contributed by atoms with E-state index in [1.807, 2.05) is 62.4 Å². The highest BCUT2D eigenvalue weighted by Crippen LogP contribution is 2.19. The van der Waals surface area contributed by atoms with E-state index in [1.165, 1.54) is 0 Å². The van der Waals surface area contributed by atoms with E-state index in [-0.39, 0.29) is 5.56 Å². The molecule has 0 aliphatic carbocycles. The minimum Gasteiger partial charge on any atom is -0.268 e. The van der Waals surface area contributed by atoms with E-state index < -0.39 is 0 Å². The number of hydrogen-bond acceptors (Lipinski definition) is 2. The summed E-state index contributed by atoms with van der Waals surface area (Å²) in [6.07, 6.45) is 0. The van der Waals surface area contributed by atoms with Gasteiger partial charge in [0, 0.05) is 0 Å². The second kappa shape index (κ2) is 5.06. The third-order valence-corrected chi connectivity index (χ3v) is 4.18. The zero-order chi connectivity index (χ0) is 16.0. The summed E-state index contributed by atoms with van der Waals surface area (Å²) in [7, 11) is 0. The van der Waals surface area contributed by atoms with E-state index in [2.05, 4.69) is 17.1 Å². The Balaban J connectivity index is 2.03. The molecule has 0 aliphatic heterocycles. The monoisotopic (exact) mass is 300 g/mol. The minimum absolute atomic E-state index is 0.0252. The van der Waals surface area contributed by atoms with Crippen molar-refractivity contribution in [3.63, 3.8) is 0 Å². The number of benzene rings is 3. The number of hydrogen-bond donors (Lipinski definition) is 0. The number of aryl methyl sites for hydroxylation is 2. The van der Waals surface area contributed by atoms with Crippen LogP contribution in [0.1, 0.15) is 11.4 Å². The molecule has 23 heavy (non-hydrogen) atoms. The summed E-state index contributed by atoms with van der Waals surface area (Å²) < 4.78 is 1.68. The molecule has 0 atom stereocenters. The van der Waals surface area contributed by atoms with Crippen LogP contribution in [-0.2, 0) is 0 Å². The summed E-state index contributed by atoms with van der Waals surface area (Å²) in [5.74, 6) is 0.698. The third kappa shape index (κ3) is 2.21. The first-order valence-electron chi connectivity index (χ1n) is 7.63. The molecule has 0 N–H and O–H groups in total. The van der Waals surface area contributed by atoms with Gasteiger partial charge in [-0.1, -0.05) is 36.4 Å². The molecule has 112 valence electrons. The lowest BCUT2D eigenvalue weighted by Gasteiger charge is -2.12. The lowest BCUT2D eigenvalue weighted by atomic mass is 10.1. The van der Waals surface area contributed by atoms with Gasteiger partial charge >= 0.3 is 0 Å². The Morgan fingerprint density at radius 2 is 1.65 bits per heavy atom. The fraction of sp³-hybridized carbons (Fsp3) is 0.100. The summed E-state index contributed by atoms with van der Waals surface area (Å²) in [5, 5.41) is 2.92. The van der Waals surface area contributed by atoms with Crippen molar-refractivity contribution in [1.29, 1.82) is 0 Å². The van der Waals surface area contributed by atoms with Gasteiger partial charge in [0.2, 0.25) is 0 Å². The molecular weight excluding hydrogens is 284 g/mol. The summed E-state index contributed by atoms with van der Waals surface area (Å²) in [6.45, 7) is 3.88. The van der Waals surface area contributed by atoms with Crippen LogP contribution in [0.5, 0.6) is 0 Å². The van der Waals surface area contributed by atoms with Crippen molar-refractivity contribution in [2.24, 2.45) is 0 Å².